The molecule has 1 aromatic heterocycles. The summed E-state index contributed by atoms with van der Waals surface area (Å²) in [4.78, 5) is 14.9. The molecule has 2 atom stereocenters. The van der Waals surface area contributed by atoms with Crippen LogP contribution in [-0.2, 0) is 27.8 Å². The van der Waals surface area contributed by atoms with Crippen LogP contribution in [0, 0.1) is 11.7 Å². The fourth-order valence-electron chi connectivity index (χ4n) is 4.17. The van der Waals surface area contributed by atoms with Crippen molar-refractivity contribution in [2.24, 2.45) is 5.92 Å². The van der Waals surface area contributed by atoms with Crippen molar-refractivity contribution in [2.45, 2.75) is 56.0 Å². The summed E-state index contributed by atoms with van der Waals surface area (Å²) < 4.78 is 46.5. The van der Waals surface area contributed by atoms with Gasteiger partial charge in [0.1, 0.15) is 17.3 Å². The molecule has 1 amide bonds. The summed E-state index contributed by atoms with van der Waals surface area (Å²) in [6.45, 7) is 2.69. The molecule has 0 bridgehead atoms. The average Bonchev–Trinajstić information content (AvgIpc) is 3.73. The number of nitrogens with one attached hydrogen (secondary N) is 1. The standard InChI is InChI=1S/C26H27FN2O4S/c1-17-14-24(17)25-13-10-22(33-25)16-29(21-8-9-21)26(30)15-18-2-6-20(7-3-18)28-34(31,32)23-11-4-19(27)5-12-23/h2-7,10-13,17,21,24,28H,8-9,14-16H2,1H3. The van der Waals surface area contributed by atoms with Crippen LogP contribution < -0.4 is 4.72 Å². The van der Waals surface area contributed by atoms with E-state index in [2.05, 4.69) is 11.6 Å². The number of furan rings is 1. The van der Waals surface area contributed by atoms with Crippen LogP contribution in [0.1, 0.15) is 49.2 Å². The molecule has 1 heterocycles. The van der Waals surface area contributed by atoms with E-state index < -0.39 is 15.8 Å². The molecule has 6 nitrogen and oxygen atoms in total. The number of benzene rings is 2. The van der Waals surface area contributed by atoms with E-state index in [1.54, 1.807) is 24.3 Å². The third-order valence-electron chi connectivity index (χ3n) is 6.48. The molecule has 1 N–H and O–H groups in total. The fourth-order valence-corrected chi connectivity index (χ4v) is 5.23. The Bertz CT molecular complexity index is 1280. The maximum Gasteiger partial charge on any atom is 0.261 e. The van der Waals surface area contributed by atoms with Gasteiger partial charge in [0, 0.05) is 17.6 Å². The molecule has 8 heteroatoms. The lowest BCUT2D eigenvalue weighted by molar-refractivity contribution is -0.131. The zero-order valence-corrected chi connectivity index (χ0v) is 19.7. The lowest BCUT2D eigenvalue weighted by atomic mass is 10.1. The van der Waals surface area contributed by atoms with Gasteiger partial charge in [-0.1, -0.05) is 19.1 Å². The minimum Gasteiger partial charge on any atom is -0.464 e. The topological polar surface area (TPSA) is 79.6 Å². The number of nitrogens with zero attached hydrogens (tertiary/aromatic N) is 1. The van der Waals surface area contributed by atoms with Crippen molar-refractivity contribution in [3.63, 3.8) is 0 Å². The van der Waals surface area contributed by atoms with E-state index in [0.29, 0.717) is 24.1 Å². The van der Waals surface area contributed by atoms with E-state index in [9.17, 15) is 17.6 Å². The monoisotopic (exact) mass is 482 g/mol. The summed E-state index contributed by atoms with van der Waals surface area (Å²) >= 11 is 0. The molecule has 2 aromatic carbocycles. The van der Waals surface area contributed by atoms with Gasteiger partial charge in [0.25, 0.3) is 10.0 Å². The highest BCUT2D eigenvalue weighted by Gasteiger charge is 2.37. The summed E-state index contributed by atoms with van der Waals surface area (Å²) in [7, 11) is -3.82. The van der Waals surface area contributed by atoms with Gasteiger partial charge in [-0.05, 0) is 79.3 Å². The van der Waals surface area contributed by atoms with Crippen LogP contribution in [0.5, 0.6) is 0 Å². The van der Waals surface area contributed by atoms with E-state index in [4.69, 9.17) is 4.42 Å². The lowest BCUT2D eigenvalue weighted by Gasteiger charge is -2.21. The van der Waals surface area contributed by atoms with E-state index in [-0.39, 0.29) is 23.3 Å². The first-order valence-electron chi connectivity index (χ1n) is 11.5. The predicted molar refractivity (Wildman–Crippen MR) is 126 cm³/mol. The summed E-state index contributed by atoms with van der Waals surface area (Å²) in [5, 5.41) is 0. The van der Waals surface area contributed by atoms with Crippen LogP contribution in [-0.4, -0.2) is 25.3 Å². The van der Waals surface area contributed by atoms with E-state index in [1.807, 2.05) is 17.0 Å². The van der Waals surface area contributed by atoms with Crippen molar-refractivity contribution >= 4 is 21.6 Å². The number of hydrogen-bond donors (Lipinski definition) is 1. The summed E-state index contributed by atoms with van der Waals surface area (Å²) in [5.74, 6) is 2.54. The first-order valence-corrected chi connectivity index (χ1v) is 13.0. The molecule has 2 fully saturated rings. The van der Waals surface area contributed by atoms with Gasteiger partial charge >= 0.3 is 0 Å². The summed E-state index contributed by atoms with van der Waals surface area (Å²) in [6, 6.07) is 15.6. The Kier molecular flexibility index (Phi) is 5.93. The Balaban J connectivity index is 1.21. The van der Waals surface area contributed by atoms with Crippen molar-refractivity contribution < 1.29 is 22.0 Å². The molecular weight excluding hydrogens is 455 g/mol. The first kappa shape index (κ1) is 22.7. The Labute approximate surface area is 198 Å². The van der Waals surface area contributed by atoms with E-state index >= 15 is 0 Å². The number of hydrogen-bond acceptors (Lipinski definition) is 4. The van der Waals surface area contributed by atoms with Gasteiger partial charge in [-0.15, -0.1) is 0 Å². The minimum atomic E-state index is -3.82. The highest BCUT2D eigenvalue weighted by Crippen LogP contribution is 2.47. The molecule has 0 radical (unpaired) electrons. The molecule has 0 aliphatic heterocycles. The van der Waals surface area contributed by atoms with Crippen molar-refractivity contribution in [3.8, 4) is 0 Å². The third-order valence-corrected chi connectivity index (χ3v) is 7.87. The molecular formula is C26H27FN2O4S. The average molecular weight is 483 g/mol. The second-order valence-electron chi connectivity index (χ2n) is 9.31. The molecule has 2 unspecified atom stereocenters. The van der Waals surface area contributed by atoms with Crippen LogP contribution in [0.25, 0.3) is 0 Å². The van der Waals surface area contributed by atoms with Gasteiger partial charge in [-0.25, -0.2) is 12.8 Å². The molecule has 3 aromatic rings. The van der Waals surface area contributed by atoms with Gasteiger partial charge in [0.05, 0.1) is 17.9 Å². The number of anilines is 1. The third kappa shape index (κ3) is 5.17. The Hall–Kier alpha value is -3.13. The SMILES string of the molecule is CC1CC1c1ccc(CN(C(=O)Cc2ccc(NS(=O)(=O)c3ccc(F)cc3)cc2)C2CC2)o1. The van der Waals surface area contributed by atoms with Gasteiger partial charge in [-0.3, -0.25) is 9.52 Å². The quantitative estimate of drug-likeness (QED) is 0.461. The summed E-state index contributed by atoms with van der Waals surface area (Å²) in [6.07, 6.45) is 3.40. The van der Waals surface area contributed by atoms with Crippen molar-refractivity contribution in [1.82, 2.24) is 4.90 Å². The number of carbonyl (C=O) groups excluding carboxylic acids is 1. The van der Waals surface area contributed by atoms with Crippen molar-refractivity contribution in [1.29, 1.82) is 0 Å². The van der Waals surface area contributed by atoms with E-state index in [0.717, 1.165) is 48.5 Å². The number of carbonyl (C=O) groups is 1. The van der Waals surface area contributed by atoms with Crippen molar-refractivity contribution in [2.75, 3.05) is 4.72 Å². The van der Waals surface area contributed by atoms with Crippen LogP contribution in [0.3, 0.4) is 0 Å². The molecule has 2 aliphatic carbocycles. The molecule has 0 saturated heterocycles. The van der Waals surface area contributed by atoms with Gasteiger partial charge in [0.15, 0.2) is 0 Å². The van der Waals surface area contributed by atoms with Gasteiger partial charge in [-0.2, -0.15) is 0 Å². The zero-order valence-electron chi connectivity index (χ0n) is 18.9. The van der Waals surface area contributed by atoms with Crippen molar-refractivity contribution in [3.05, 3.63) is 83.6 Å². The van der Waals surface area contributed by atoms with Crippen LogP contribution in [0.15, 0.2) is 70.0 Å². The Morgan fingerprint density at radius 3 is 2.35 bits per heavy atom. The number of sulfonamides is 1. The maximum atomic E-state index is 13.1. The highest BCUT2D eigenvalue weighted by molar-refractivity contribution is 7.92. The highest BCUT2D eigenvalue weighted by atomic mass is 32.2. The molecule has 34 heavy (non-hydrogen) atoms. The van der Waals surface area contributed by atoms with Crippen LogP contribution >= 0.6 is 0 Å². The van der Waals surface area contributed by atoms with E-state index in [1.165, 1.54) is 12.1 Å². The first-order chi connectivity index (χ1) is 16.3. The second-order valence-corrected chi connectivity index (χ2v) is 11.0. The summed E-state index contributed by atoms with van der Waals surface area (Å²) in [5.41, 5.74) is 1.17. The lowest BCUT2D eigenvalue weighted by Crippen LogP contribution is -2.33. The Morgan fingerprint density at radius 2 is 1.74 bits per heavy atom. The minimum absolute atomic E-state index is 0.0227. The molecule has 2 saturated carbocycles. The molecule has 178 valence electrons. The molecule has 2 aliphatic rings. The van der Waals surface area contributed by atoms with Gasteiger partial charge in [0.2, 0.25) is 5.91 Å². The molecule has 0 spiro atoms. The number of rotatable bonds is 9. The number of amides is 1. The second kappa shape index (κ2) is 8.91. The van der Waals surface area contributed by atoms with Crippen LogP contribution in [0.4, 0.5) is 10.1 Å². The zero-order chi connectivity index (χ0) is 23.9. The smallest absolute Gasteiger partial charge is 0.261 e. The predicted octanol–water partition coefficient (Wildman–Crippen LogP) is 5.08. The maximum absolute atomic E-state index is 13.1. The number of halogens is 1. The molecule has 5 rings (SSSR count). The fraction of sp³-hybridized carbons (Fsp3) is 0.346. The Morgan fingerprint density at radius 1 is 1.06 bits per heavy atom. The van der Waals surface area contributed by atoms with Crippen LogP contribution in [0.2, 0.25) is 0 Å². The van der Waals surface area contributed by atoms with Gasteiger partial charge < -0.3 is 9.32 Å². The largest absolute Gasteiger partial charge is 0.464 e. The normalized spacial score (nSPS) is 19.6.